The minimum atomic E-state index is -4.86. The Labute approximate surface area is 111 Å². The molecule has 1 rings (SSSR count). The first-order chi connectivity index (χ1) is 9.24. The van der Waals surface area contributed by atoms with E-state index in [1.165, 1.54) is 7.05 Å². The van der Waals surface area contributed by atoms with Crippen LogP contribution < -0.4 is 16.0 Å². The summed E-state index contributed by atoms with van der Waals surface area (Å²) in [7, 11) is 1.36. The first kappa shape index (κ1) is 15.7. The number of rotatable bonds is 3. The zero-order valence-corrected chi connectivity index (χ0v) is 10.3. The number of halogens is 4. The Morgan fingerprint density at radius 1 is 1.25 bits per heavy atom. The predicted molar refractivity (Wildman–Crippen MR) is 62.5 cm³/mol. The van der Waals surface area contributed by atoms with Crippen LogP contribution in [0.5, 0.6) is 0 Å². The maximum absolute atomic E-state index is 13.0. The van der Waals surface area contributed by atoms with E-state index in [-0.39, 0.29) is 12.2 Å². The molecule has 0 radical (unpaired) electrons. The van der Waals surface area contributed by atoms with E-state index < -0.39 is 29.5 Å². The maximum atomic E-state index is 13.0. The van der Waals surface area contributed by atoms with Gasteiger partial charge in [-0.25, -0.2) is 9.18 Å². The molecule has 0 spiro atoms. The van der Waals surface area contributed by atoms with Gasteiger partial charge < -0.3 is 16.0 Å². The number of likely N-dealkylation sites (N-methyl/N-ethyl adjacent to an activating group) is 1. The average molecular weight is 293 g/mol. The van der Waals surface area contributed by atoms with Crippen LogP contribution in [-0.4, -0.2) is 25.5 Å². The summed E-state index contributed by atoms with van der Waals surface area (Å²) in [6, 6.07) is 1.16. The van der Waals surface area contributed by atoms with Gasteiger partial charge in [-0.15, -0.1) is 0 Å². The van der Waals surface area contributed by atoms with Crippen molar-refractivity contribution in [3.8, 4) is 0 Å². The molecule has 5 nitrogen and oxygen atoms in total. The van der Waals surface area contributed by atoms with Gasteiger partial charge >= 0.3 is 12.2 Å². The summed E-state index contributed by atoms with van der Waals surface area (Å²) in [5.74, 6) is -1.91. The summed E-state index contributed by atoms with van der Waals surface area (Å²) < 4.78 is 50.3. The number of anilines is 1. The topological polar surface area (TPSA) is 70.2 Å². The molecule has 0 aliphatic heterocycles. The molecule has 0 bridgehead atoms. The second kappa shape index (κ2) is 6.22. The molecule has 110 valence electrons. The lowest BCUT2D eigenvalue weighted by Crippen LogP contribution is -2.37. The minimum Gasteiger partial charge on any atom is -0.358 e. The minimum absolute atomic E-state index is 0.242. The molecular weight excluding hydrogens is 282 g/mol. The van der Waals surface area contributed by atoms with Gasteiger partial charge in [-0.1, -0.05) is 0 Å². The molecule has 20 heavy (non-hydrogen) atoms. The molecular formula is C11H11F4N3O2. The lowest BCUT2D eigenvalue weighted by molar-refractivity contribution is -0.139. The molecule has 1 aromatic rings. The van der Waals surface area contributed by atoms with E-state index in [4.69, 9.17) is 0 Å². The fourth-order valence-electron chi connectivity index (χ4n) is 1.24. The summed E-state index contributed by atoms with van der Waals surface area (Å²) in [4.78, 5) is 22.1. The second-order valence-corrected chi connectivity index (χ2v) is 3.67. The standard InChI is InChI=1S/C11H11F4N3O2/c1-16-9(19)5-17-10(20)18-6-2-3-8(12)7(4-6)11(13,14)15/h2-4H,5H2,1H3,(H,16,19)(H2,17,18,20). The first-order valence-corrected chi connectivity index (χ1v) is 5.36. The van der Waals surface area contributed by atoms with Crippen molar-refractivity contribution in [2.24, 2.45) is 0 Å². The number of urea groups is 1. The van der Waals surface area contributed by atoms with Crippen molar-refractivity contribution in [3.05, 3.63) is 29.6 Å². The summed E-state index contributed by atoms with van der Waals surface area (Å²) in [6.07, 6.45) is -4.86. The SMILES string of the molecule is CNC(=O)CNC(=O)Nc1ccc(F)c(C(F)(F)F)c1. The van der Waals surface area contributed by atoms with Crippen molar-refractivity contribution in [1.29, 1.82) is 0 Å². The monoisotopic (exact) mass is 293 g/mol. The normalized spacial score (nSPS) is 10.8. The lowest BCUT2D eigenvalue weighted by atomic mass is 10.2. The van der Waals surface area contributed by atoms with Crippen LogP contribution in [0.25, 0.3) is 0 Å². The van der Waals surface area contributed by atoms with Gasteiger partial charge in [0, 0.05) is 12.7 Å². The third kappa shape index (κ3) is 4.41. The molecule has 9 heteroatoms. The largest absolute Gasteiger partial charge is 0.419 e. The smallest absolute Gasteiger partial charge is 0.358 e. The molecule has 0 unspecified atom stereocenters. The highest BCUT2D eigenvalue weighted by Crippen LogP contribution is 2.32. The zero-order valence-electron chi connectivity index (χ0n) is 10.3. The van der Waals surface area contributed by atoms with Crippen LogP contribution in [0.2, 0.25) is 0 Å². The fourth-order valence-corrected chi connectivity index (χ4v) is 1.24. The Kier molecular flexibility index (Phi) is 4.89. The van der Waals surface area contributed by atoms with Crippen LogP contribution in [0.3, 0.4) is 0 Å². The number of carbonyl (C=O) groups is 2. The molecule has 1 aromatic carbocycles. The number of alkyl halides is 3. The van der Waals surface area contributed by atoms with E-state index in [0.29, 0.717) is 12.1 Å². The highest BCUT2D eigenvalue weighted by atomic mass is 19.4. The Bertz CT molecular complexity index is 517. The Hall–Kier alpha value is -2.32. The first-order valence-electron chi connectivity index (χ1n) is 5.36. The van der Waals surface area contributed by atoms with Gasteiger partial charge in [0.15, 0.2) is 0 Å². The van der Waals surface area contributed by atoms with Crippen LogP contribution in [0.4, 0.5) is 28.0 Å². The van der Waals surface area contributed by atoms with Gasteiger partial charge in [0.05, 0.1) is 12.1 Å². The summed E-state index contributed by atoms with van der Waals surface area (Å²) in [6.45, 7) is -0.338. The van der Waals surface area contributed by atoms with Crippen LogP contribution in [0, 0.1) is 5.82 Å². The van der Waals surface area contributed by atoms with Gasteiger partial charge in [0.1, 0.15) is 5.82 Å². The van der Waals surface area contributed by atoms with Gasteiger partial charge in [-0.2, -0.15) is 13.2 Å². The van der Waals surface area contributed by atoms with Crippen molar-refractivity contribution >= 4 is 17.6 Å². The van der Waals surface area contributed by atoms with Crippen LogP contribution >= 0.6 is 0 Å². The maximum Gasteiger partial charge on any atom is 0.419 e. The lowest BCUT2D eigenvalue weighted by Gasteiger charge is -2.11. The van der Waals surface area contributed by atoms with E-state index >= 15 is 0 Å². The van der Waals surface area contributed by atoms with Crippen molar-refractivity contribution in [1.82, 2.24) is 10.6 Å². The van der Waals surface area contributed by atoms with Gasteiger partial charge in [-0.3, -0.25) is 4.79 Å². The van der Waals surface area contributed by atoms with E-state index in [2.05, 4.69) is 16.0 Å². The van der Waals surface area contributed by atoms with E-state index in [1.54, 1.807) is 0 Å². The van der Waals surface area contributed by atoms with E-state index in [0.717, 1.165) is 6.07 Å². The molecule has 3 amide bonds. The molecule has 0 aliphatic rings. The third-order valence-electron chi connectivity index (χ3n) is 2.22. The predicted octanol–water partition coefficient (Wildman–Crippen LogP) is 1.71. The average Bonchev–Trinajstić information content (AvgIpc) is 2.37. The van der Waals surface area contributed by atoms with Gasteiger partial charge in [-0.05, 0) is 18.2 Å². The van der Waals surface area contributed by atoms with Crippen molar-refractivity contribution < 1.29 is 27.2 Å². The molecule has 3 N–H and O–H groups in total. The van der Waals surface area contributed by atoms with Crippen LogP contribution in [0.1, 0.15) is 5.56 Å². The van der Waals surface area contributed by atoms with Gasteiger partial charge in [0.2, 0.25) is 5.91 Å². The van der Waals surface area contributed by atoms with Crippen LogP contribution in [0.15, 0.2) is 18.2 Å². The molecule has 0 heterocycles. The molecule has 0 saturated heterocycles. The third-order valence-corrected chi connectivity index (χ3v) is 2.22. The fraction of sp³-hybridized carbons (Fsp3) is 0.273. The zero-order chi connectivity index (χ0) is 15.3. The van der Waals surface area contributed by atoms with Crippen molar-refractivity contribution in [2.75, 3.05) is 18.9 Å². The number of hydrogen-bond donors (Lipinski definition) is 3. The van der Waals surface area contributed by atoms with Gasteiger partial charge in [0.25, 0.3) is 0 Å². The molecule has 0 aromatic heterocycles. The highest BCUT2D eigenvalue weighted by Gasteiger charge is 2.34. The summed E-state index contributed by atoms with van der Waals surface area (Å²) in [5, 5.41) is 6.42. The van der Waals surface area contributed by atoms with E-state index in [9.17, 15) is 27.2 Å². The number of hydrogen-bond acceptors (Lipinski definition) is 2. The number of amides is 3. The number of benzene rings is 1. The van der Waals surface area contributed by atoms with E-state index in [1.807, 2.05) is 0 Å². The quantitative estimate of drug-likeness (QED) is 0.743. The Morgan fingerprint density at radius 2 is 1.90 bits per heavy atom. The summed E-state index contributed by atoms with van der Waals surface area (Å²) >= 11 is 0. The molecule has 0 fully saturated rings. The summed E-state index contributed by atoms with van der Waals surface area (Å²) in [5.41, 5.74) is -1.73. The van der Waals surface area contributed by atoms with Crippen molar-refractivity contribution in [3.63, 3.8) is 0 Å². The Morgan fingerprint density at radius 3 is 2.45 bits per heavy atom. The molecule has 0 aliphatic carbocycles. The number of carbonyl (C=O) groups excluding carboxylic acids is 2. The highest BCUT2D eigenvalue weighted by molar-refractivity contribution is 5.92. The van der Waals surface area contributed by atoms with Crippen LogP contribution in [-0.2, 0) is 11.0 Å². The molecule has 0 saturated carbocycles. The molecule has 0 atom stereocenters. The second-order valence-electron chi connectivity index (χ2n) is 3.67. The van der Waals surface area contributed by atoms with Crippen molar-refractivity contribution in [2.45, 2.75) is 6.18 Å². The number of nitrogens with one attached hydrogen (secondary N) is 3. The Balaban J connectivity index is 2.74.